The molecule has 0 bridgehead atoms. The maximum atomic E-state index is 10.3. The molecule has 0 aliphatic rings. The quantitative estimate of drug-likeness (QED) is 0.493. The molecule has 88 valence electrons. The fourth-order valence-electron chi connectivity index (χ4n) is 1.09. The highest BCUT2D eigenvalue weighted by atomic mass is 35.5. The highest BCUT2D eigenvalue weighted by Gasteiger charge is 2.33. The van der Waals surface area contributed by atoms with E-state index in [1.807, 2.05) is 0 Å². The van der Waals surface area contributed by atoms with Crippen LogP contribution in [0, 0.1) is 0 Å². The van der Waals surface area contributed by atoms with E-state index in [1.165, 1.54) is 0 Å². The number of carboxylic acids is 3. The zero-order valence-corrected chi connectivity index (χ0v) is 8.49. The van der Waals surface area contributed by atoms with E-state index < -0.39 is 42.7 Å². The first kappa shape index (κ1) is 16.1. The van der Waals surface area contributed by atoms with Crippen LogP contribution < -0.4 is 5.73 Å². The SMILES string of the molecule is Cl.NC(CC(=O)O)(CC(=O)O)CC(=O)O. The van der Waals surface area contributed by atoms with Crippen LogP contribution in [0.5, 0.6) is 0 Å². The fourth-order valence-corrected chi connectivity index (χ4v) is 1.09. The van der Waals surface area contributed by atoms with Gasteiger partial charge in [0.2, 0.25) is 0 Å². The first-order valence-corrected chi connectivity index (χ1v) is 3.69. The lowest BCUT2D eigenvalue weighted by Crippen LogP contribution is -2.45. The van der Waals surface area contributed by atoms with Gasteiger partial charge in [0, 0.05) is 5.54 Å². The Bertz CT molecular complexity index is 225. The predicted octanol–water partition coefficient (Wildman–Crippen LogP) is -0.470. The second-order valence-corrected chi connectivity index (χ2v) is 3.07. The van der Waals surface area contributed by atoms with Gasteiger partial charge in [0.25, 0.3) is 0 Å². The van der Waals surface area contributed by atoms with Gasteiger partial charge in [-0.2, -0.15) is 0 Å². The van der Waals surface area contributed by atoms with Crippen LogP contribution in [0.4, 0.5) is 0 Å². The van der Waals surface area contributed by atoms with Crippen LogP contribution in [-0.2, 0) is 14.4 Å². The molecule has 0 aromatic rings. The molecular weight excluding hydrogens is 230 g/mol. The molecule has 0 aliphatic heterocycles. The number of rotatable bonds is 6. The van der Waals surface area contributed by atoms with Gasteiger partial charge in [-0.1, -0.05) is 0 Å². The molecule has 15 heavy (non-hydrogen) atoms. The summed E-state index contributed by atoms with van der Waals surface area (Å²) in [5.74, 6) is -3.97. The molecule has 0 unspecified atom stereocenters. The van der Waals surface area contributed by atoms with Crippen LogP contribution in [0.1, 0.15) is 19.3 Å². The van der Waals surface area contributed by atoms with E-state index in [9.17, 15) is 14.4 Å². The van der Waals surface area contributed by atoms with Crippen LogP contribution >= 0.6 is 12.4 Å². The van der Waals surface area contributed by atoms with Gasteiger partial charge in [-0.05, 0) is 0 Å². The first-order valence-electron chi connectivity index (χ1n) is 3.69. The molecular formula is C7H12ClNO6. The molecule has 0 atom stereocenters. The predicted molar refractivity (Wildman–Crippen MR) is 50.9 cm³/mol. The van der Waals surface area contributed by atoms with Crippen LogP contribution in [0.2, 0.25) is 0 Å². The third-order valence-corrected chi connectivity index (χ3v) is 1.51. The summed E-state index contributed by atoms with van der Waals surface area (Å²) < 4.78 is 0. The third-order valence-electron chi connectivity index (χ3n) is 1.51. The van der Waals surface area contributed by atoms with Gasteiger partial charge < -0.3 is 21.1 Å². The molecule has 0 aromatic heterocycles. The van der Waals surface area contributed by atoms with Crippen molar-refractivity contribution in [1.29, 1.82) is 0 Å². The van der Waals surface area contributed by atoms with Crippen molar-refractivity contribution in [2.75, 3.05) is 0 Å². The Morgan fingerprint density at radius 3 is 1.20 bits per heavy atom. The number of hydrogen-bond acceptors (Lipinski definition) is 4. The molecule has 0 saturated heterocycles. The molecule has 0 aromatic carbocycles. The van der Waals surface area contributed by atoms with E-state index >= 15 is 0 Å². The molecule has 0 fully saturated rings. The second kappa shape index (κ2) is 6.20. The standard InChI is InChI=1S/C7H11NO6.ClH/c8-7(1-4(9)10,2-5(11)12)3-6(13)14;/h1-3,8H2,(H,9,10)(H,11,12)(H,13,14);1H. The number of halogens is 1. The number of carboxylic acid groups (broad SMARTS) is 3. The topological polar surface area (TPSA) is 138 Å². The lowest BCUT2D eigenvalue weighted by atomic mass is 9.89. The highest BCUT2D eigenvalue weighted by Crippen LogP contribution is 2.17. The Labute approximate surface area is 91.3 Å². The average Bonchev–Trinajstić information content (AvgIpc) is 1.76. The van der Waals surface area contributed by atoms with Crippen LogP contribution in [0.3, 0.4) is 0 Å². The lowest BCUT2D eigenvalue weighted by molar-refractivity contribution is -0.143. The Hall–Kier alpha value is -1.34. The lowest BCUT2D eigenvalue weighted by Gasteiger charge is -2.23. The smallest absolute Gasteiger partial charge is 0.305 e. The fraction of sp³-hybridized carbons (Fsp3) is 0.571. The number of hydrogen-bond donors (Lipinski definition) is 4. The van der Waals surface area contributed by atoms with E-state index in [0.717, 1.165) is 0 Å². The van der Waals surface area contributed by atoms with Crippen molar-refractivity contribution in [2.45, 2.75) is 24.8 Å². The Morgan fingerprint density at radius 1 is 0.867 bits per heavy atom. The highest BCUT2D eigenvalue weighted by molar-refractivity contribution is 5.85. The Kier molecular flexibility index (Phi) is 6.66. The van der Waals surface area contributed by atoms with Gasteiger partial charge in [-0.3, -0.25) is 14.4 Å². The van der Waals surface area contributed by atoms with E-state index in [-0.39, 0.29) is 12.4 Å². The summed E-state index contributed by atoms with van der Waals surface area (Å²) in [6, 6.07) is 0. The molecule has 0 rings (SSSR count). The van der Waals surface area contributed by atoms with Gasteiger partial charge in [0.05, 0.1) is 19.3 Å². The molecule has 0 amide bonds. The molecule has 0 saturated carbocycles. The third kappa shape index (κ3) is 7.71. The summed E-state index contributed by atoms with van der Waals surface area (Å²) >= 11 is 0. The molecule has 5 N–H and O–H groups in total. The van der Waals surface area contributed by atoms with Gasteiger partial charge in [-0.15, -0.1) is 12.4 Å². The average molecular weight is 242 g/mol. The summed E-state index contributed by atoms with van der Waals surface area (Å²) in [6.45, 7) is 0. The molecule has 8 heteroatoms. The van der Waals surface area contributed by atoms with Crippen molar-refractivity contribution >= 4 is 30.3 Å². The van der Waals surface area contributed by atoms with E-state index in [1.54, 1.807) is 0 Å². The van der Waals surface area contributed by atoms with Gasteiger partial charge in [-0.25, -0.2) is 0 Å². The number of carbonyl (C=O) groups is 3. The summed E-state index contributed by atoms with van der Waals surface area (Å²) in [7, 11) is 0. The Morgan fingerprint density at radius 2 is 1.07 bits per heavy atom. The summed E-state index contributed by atoms with van der Waals surface area (Å²) in [5, 5.41) is 25.2. The molecule has 0 aliphatic carbocycles. The summed E-state index contributed by atoms with van der Waals surface area (Å²) in [5.41, 5.74) is 3.63. The van der Waals surface area contributed by atoms with E-state index in [0.29, 0.717) is 0 Å². The maximum Gasteiger partial charge on any atom is 0.305 e. The maximum absolute atomic E-state index is 10.3. The van der Waals surface area contributed by atoms with Crippen molar-refractivity contribution in [3.8, 4) is 0 Å². The Balaban J connectivity index is 0. The zero-order valence-electron chi connectivity index (χ0n) is 7.67. The number of aliphatic carboxylic acids is 3. The minimum atomic E-state index is -1.73. The minimum Gasteiger partial charge on any atom is -0.481 e. The number of nitrogens with two attached hydrogens (primary N) is 1. The second-order valence-electron chi connectivity index (χ2n) is 3.07. The van der Waals surface area contributed by atoms with E-state index in [4.69, 9.17) is 21.1 Å². The zero-order chi connectivity index (χ0) is 11.4. The monoisotopic (exact) mass is 241 g/mol. The molecule has 0 radical (unpaired) electrons. The van der Waals surface area contributed by atoms with Crippen molar-refractivity contribution in [2.24, 2.45) is 5.73 Å². The molecule has 7 nitrogen and oxygen atoms in total. The largest absolute Gasteiger partial charge is 0.481 e. The van der Waals surface area contributed by atoms with E-state index in [2.05, 4.69) is 0 Å². The minimum absolute atomic E-state index is 0. The van der Waals surface area contributed by atoms with Crippen molar-refractivity contribution in [1.82, 2.24) is 0 Å². The van der Waals surface area contributed by atoms with Gasteiger partial charge in [0.1, 0.15) is 0 Å². The summed E-state index contributed by atoms with van der Waals surface area (Å²) in [4.78, 5) is 30.9. The van der Waals surface area contributed by atoms with Crippen molar-refractivity contribution < 1.29 is 29.7 Å². The molecule has 0 heterocycles. The molecule has 0 spiro atoms. The van der Waals surface area contributed by atoms with Crippen molar-refractivity contribution in [3.05, 3.63) is 0 Å². The normalized spacial score (nSPS) is 10.2. The van der Waals surface area contributed by atoms with Gasteiger partial charge in [0.15, 0.2) is 0 Å². The summed E-state index contributed by atoms with van der Waals surface area (Å²) in [6.07, 6.45) is -2.07. The van der Waals surface area contributed by atoms with Crippen LogP contribution in [0.25, 0.3) is 0 Å². The van der Waals surface area contributed by atoms with Crippen LogP contribution in [0.15, 0.2) is 0 Å². The van der Waals surface area contributed by atoms with Crippen molar-refractivity contribution in [3.63, 3.8) is 0 Å². The van der Waals surface area contributed by atoms with Crippen LogP contribution in [-0.4, -0.2) is 38.8 Å². The van der Waals surface area contributed by atoms with Gasteiger partial charge >= 0.3 is 17.9 Å². The first-order chi connectivity index (χ1) is 6.25.